The number of piperidine rings is 1. The van der Waals surface area contributed by atoms with Gasteiger partial charge in [0.15, 0.2) is 0 Å². The Morgan fingerprint density at radius 3 is 2.92 bits per heavy atom. The molecule has 2 fully saturated rings. The number of hydrogen-bond acceptors (Lipinski definition) is 5. The molecule has 0 aromatic carbocycles. The Hall–Kier alpha value is -2.34. The average molecular weight is 328 g/mol. The molecule has 126 valence electrons. The smallest absolute Gasteiger partial charge is 0.257 e. The number of ether oxygens (including phenoxy) is 2. The van der Waals surface area contributed by atoms with Crippen molar-refractivity contribution >= 4 is 5.91 Å². The molecule has 2 aliphatic rings. The van der Waals surface area contributed by atoms with Crippen LogP contribution in [0.25, 0.3) is 0 Å². The molecule has 0 N–H and O–H groups in total. The highest BCUT2D eigenvalue weighted by molar-refractivity contribution is 5.93. The normalized spacial score (nSPS) is 22.7. The number of amides is 1. The minimum absolute atomic E-state index is 0.0276. The molecule has 0 radical (unpaired) electrons. The highest BCUT2D eigenvalue weighted by Gasteiger charge is 2.44. The van der Waals surface area contributed by atoms with Crippen LogP contribution in [0.5, 0.6) is 5.75 Å². The Morgan fingerprint density at radius 1 is 1.33 bits per heavy atom. The van der Waals surface area contributed by atoms with Crippen LogP contribution in [0.3, 0.4) is 0 Å². The van der Waals surface area contributed by atoms with Crippen molar-refractivity contribution in [3.05, 3.63) is 48.7 Å². The summed E-state index contributed by atoms with van der Waals surface area (Å²) < 4.78 is 17.0. The fraction of sp³-hybridized carbons (Fsp3) is 0.444. The zero-order valence-corrected chi connectivity index (χ0v) is 13.4. The van der Waals surface area contributed by atoms with E-state index in [9.17, 15) is 4.79 Å². The van der Waals surface area contributed by atoms with Gasteiger partial charge in [-0.05, 0) is 31.0 Å². The van der Waals surface area contributed by atoms with Crippen LogP contribution in [0.4, 0.5) is 0 Å². The minimum Gasteiger partial charge on any atom is -0.486 e. The number of pyridine rings is 1. The Kier molecular flexibility index (Phi) is 3.98. The average Bonchev–Trinajstić information content (AvgIpc) is 3.27. The Bertz CT molecular complexity index is 678. The van der Waals surface area contributed by atoms with Gasteiger partial charge in [0.2, 0.25) is 0 Å². The molecule has 0 saturated carbocycles. The van der Waals surface area contributed by atoms with Crippen LogP contribution in [0.1, 0.15) is 29.6 Å². The zero-order chi connectivity index (χ0) is 16.4. The largest absolute Gasteiger partial charge is 0.486 e. The third kappa shape index (κ3) is 3.01. The summed E-state index contributed by atoms with van der Waals surface area (Å²) in [7, 11) is 0. The number of rotatable bonds is 3. The van der Waals surface area contributed by atoms with Gasteiger partial charge in [0.25, 0.3) is 5.91 Å². The van der Waals surface area contributed by atoms with Gasteiger partial charge in [-0.25, -0.2) is 0 Å². The van der Waals surface area contributed by atoms with Crippen molar-refractivity contribution in [1.29, 1.82) is 0 Å². The molecule has 2 saturated heterocycles. The maximum absolute atomic E-state index is 12.4. The van der Waals surface area contributed by atoms with Crippen LogP contribution in [0.2, 0.25) is 0 Å². The van der Waals surface area contributed by atoms with Crippen molar-refractivity contribution < 1.29 is 18.7 Å². The molecule has 6 nitrogen and oxygen atoms in total. The number of hydrogen-bond donors (Lipinski definition) is 0. The molecule has 0 unspecified atom stereocenters. The van der Waals surface area contributed by atoms with Crippen LogP contribution in [0.15, 0.2) is 47.5 Å². The summed E-state index contributed by atoms with van der Waals surface area (Å²) >= 11 is 0. The maximum Gasteiger partial charge on any atom is 0.257 e. The van der Waals surface area contributed by atoms with Gasteiger partial charge in [-0.2, -0.15) is 0 Å². The van der Waals surface area contributed by atoms with Crippen molar-refractivity contribution in [2.24, 2.45) is 0 Å². The van der Waals surface area contributed by atoms with Crippen molar-refractivity contribution in [3.63, 3.8) is 0 Å². The second kappa shape index (κ2) is 6.28. The molecule has 1 spiro atoms. The second-order valence-electron chi connectivity index (χ2n) is 6.43. The molecule has 2 aromatic heterocycles. The van der Waals surface area contributed by atoms with E-state index >= 15 is 0 Å². The van der Waals surface area contributed by atoms with Crippen molar-refractivity contribution in [1.82, 2.24) is 9.88 Å². The van der Waals surface area contributed by atoms with Crippen LogP contribution >= 0.6 is 0 Å². The van der Waals surface area contributed by atoms with Gasteiger partial charge in [-0.3, -0.25) is 9.78 Å². The lowest BCUT2D eigenvalue weighted by Crippen LogP contribution is -2.46. The number of aromatic nitrogens is 1. The highest BCUT2D eigenvalue weighted by atomic mass is 16.6. The predicted molar refractivity (Wildman–Crippen MR) is 85.8 cm³/mol. The third-order valence-electron chi connectivity index (χ3n) is 4.84. The number of carbonyl (C=O) groups excluding carboxylic acids is 1. The number of likely N-dealkylation sites (tertiary alicyclic amines) is 1. The van der Waals surface area contributed by atoms with Crippen LogP contribution < -0.4 is 4.74 Å². The van der Waals surface area contributed by atoms with Crippen molar-refractivity contribution in [2.75, 3.05) is 19.7 Å². The van der Waals surface area contributed by atoms with Gasteiger partial charge in [0.1, 0.15) is 18.1 Å². The van der Waals surface area contributed by atoms with Gasteiger partial charge < -0.3 is 18.8 Å². The molecule has 1 amide bonds. The van der Waals surface area contributed by atoms with Gasteiger partial charge in [0, 0.05) is 25.7 Å². The topological polar surface area (TPSA) is 64.8 Å². The summed E-state index contributed by atoms with van der Waals surface area (Å²) in [6.07, 6.45) is 9.05. The van der Waals surface area contributed by atoms with E-state index in [1.807, 2.05) is 17.0 Å². The summed E-state index contributed by atoms with van der Waals surface area (Å²) in [5.41, 5.74) is 0.441. The molecular formula is C18H20N2O4. The van der Waals surface area contributed by atoms with Gasteiger partial charge in [0.05, 0.1) is 30.2 Å². The standard InChI is InChI=1S/C18H20N2O4/c21-17(14-3-9-22-12-14)20-7-4-18(5-8-20)10-16(13-23-18)24-15-2-1-6-19-11-15/h1-3,6,9,11-12,16H,4-5,7-8,10,13H2/t16-/m0/s1. The first-order valence-electron chi connectivity index (χ1n) is 8.26. The third-order valence-corrected chi connectivity index (χ3v) is 4.84. The second-order valence-corrected chi connectivity index (χ2v) is 6.43. The molecule has 2 aliphatic heterocycles. The first-order chi connectivity index (χ1) is 11.7. The molecule has 4 heterocycles. The Labute approximate surface area is 140 Å². The SMILES string of the molecule is O=C(c1ccoc1)N1CCC2(CC1)C[C@H](Oc1cccnc1)CO2. The van der Waals surface area contributed by atoms with Crippen molar-refractivity contribution in [3.8, 4) is 5.75 Å². The Morgan fingerprint density at radius 2 is 2.21 bits per heavy atom. The zero-order valence-electron chi connectivity index (χ0n) is 13.4. The molecule has 4 rings (SSSR count). The first-order valence-corrected chi connectivity index (χ1v) is 8.26. The van der Waals surface area contributed by atoms with Crippen LogP contribution in [-0.4, -0.2) is 47.2 Å². The molecule has 6 heteroatoms. The van der Waals surface area contributed by atoms with Gasteiger partial charge in [-0.15, -0.1) is 0 Å². The Balaban J connectivity index is 1.33. The molecular weight excluding hydrogens is 308 g/mol. The van der Waals surface area contributed by atoms with Gasteiger partial charge >= 0.3 is 0 Å². The summed E-state index contributed by atoms with van der Waals surface area (Å²) in [5.74, 6) is 0.801. The molecule has 2 aromatic rings. The van der Waals surface area contributed by atoms with E-state index in [-0.39, 0.29) is 17.6 Å². The summed E-state index contributed by atoms with van der Waals surface area (Å²) in [6, 6.07) is 5.47. The highest BCUT2D eigenvalue weighted by Crippen LogP contribution is 2.37. The number of nitrogens with zero attached hydrogens (tertiary/aromatic N) is 2. The first kappa shape index (κ1) is 15.2. The van der Waals surface area contributed by atoms with Crippen molar-refractivity contribution in [2.45, 2.75) is 31.0 Å². The summed E-state index contributed by atoms with van der Waals surface area (Å²) in [5, 5.41) is 0. The van der Waals surface area contributed by atoms with E-state index in [0.29, 0.717) is 25.3 Å². The van der Waals surface area contributed by atoms with E-state index in [2.05, 4.69) is 4.98 Å². The number of furan rings is 1. The van der Waals surface area contributed by atoms with Crippen LogP contribution in [-0.2, 0) is 4.74 Å². The molecule has 24 heavy (non-hydrogen) atoms. The van der Waals surface area contributed by atoms with Crippen LogP contribution in [0, 0.1) is 0 Å². The lowest BCUT2D eigenvalue weighted by atomic mass is 9.88. The quantitative estimate of drug-likeness (QED) is 0.866. The minimum atomic E-state index is -0.167. The van der Waals surface area contributed by atoms with E-state index in [1.54, 1.807) is 18.5 Å². The molecule has 1 atom stereocenters. The van der Waals surface area contributed by atoms with E-state index < -0.39 is 0 Å². The fourth-order valence-corrected chi connectivity index (χ4v) is 3.52. The molecule has 0 aliphatic carbocycles. The van der Waals surface area contributed by atoms with Gasteiger partial charge in [-0.1, -0.05) is 0 Å². The lowest BCUT2D eigenvalue weighted by molar-refractivity contribution is -0.0395. The maximum atomic E-state index is 12.4. The monoisotopic (exact) mass is 328 g/mol. The summed E-state index contributed by atoms with van der Waals surface area (Å²) in [6.45, 7) is 1.98. The van der Waals surface area contributed by atoms with E-state index in [0.717, 1.165) is 25.0 Å². The predicted octanol–water partition coefficient (Wildman–Crippen LogP) is 2.52. The van der Waals surface area contributed by atoms with E-state index in [1.165, 1.54) is 12.5 Å². The number of carbonyl (C=O) groups is 1. The summed E-state index contributed by atoms with van der Waals surface area (Å²) in [4.78, 5) is 18.3. The lowest BCUT2D eigenvalue weighted by Gasteiger charge is -2.38. The van der Waals surface area contributed by atoms with E-state index in [4.69, 9.17) is 13.9 Å². The fourth-order valence-electron chi connectivity index (χ4n) is 3.52. The molecule has 0 bridgehead atoms.